The molecule has 0 bridgehead atoms. The fraction of sp³-hybridized carbons (Fsp3) is 0. The lowest BCUT2D eigenvalue weighted by Crippen LogP contribution is -1.96. The average Bonchev–Trinajstić information content (AvgIpc) is 2.70. The van der Waals surface area contributed by atoms with Crippen LogP contribution in [0.2, 0.25) is 5.02 Å². The lowest BCUT2D eigenvalue weighted by Gasteiger charge is -2.08. The summed E-state index contributed by atoms with van der Waals surface area (Å²) in [6.07, 6.45) is 1.62. The molecule has 3 heteroatoms. The normalized spacial score (nSPS) is 13.2. The lowest BCUT2D eigenvalue weighted by molar-refractivity contribution is 0.105. The molecule has 18 heavy (non-hydrogen) atoms. The van der Waals surface area contributed by atoms with Crippen molar-refractivity contribution in [2.45, 2.75) is 0 Å². The number of carbonyl (C=O) groups is 1. The number of allylic oxidation sites excluding steroid dienone is 1. The fourth-order valence-electron chi connectivity index (χ4n) is 2.01. The molecule has 2 nitrogen and oxygen atoms in total. The van der Waals surface area contributed by atoms with Crippen LogP contribution < -0.4 is 5.32 Å². The lowest BCUT2D eigenvalue weighted by atomic mass is 10.1. The van der Waals surface area contributed by atoms with Gasteiger partial charge in [0.05, 0.1) is 5.70 Å². The highest BCUT2D eigenvalue weighted by Gasteiger charge is 2.20. The molecular weight excluding hydrogens is 246 g/mol. The number of rotatable bonds is 2. The molecule has 0 radical (unpaired) electrons. The zero-order valence-corrected chi connectivity index (χ0v) is 10.2. The van der Waals surface area contributed by atoms with Crippen molar-refractivity contribution < 1.29 is 4.79 Å². The smallest absolute Gasteiger partial charge is 0.188 e. The number of nitrogens with one attached hydrogen (secondary N) is 1. The summed E-state index contributed by atoms with van der Waals surface area (Å²) in [5.74, 6) is 0.0436. The van der Waals surface area contributed by atoms with E-state index in [9.17, 15) is 4.79 Å². The molecule has 0 spiro atoms. The summed E-state index contributed by atoms with van der Waals surface area (Å²) in [7, 11) is 0. The predicted molar refractivity (Wildman–Crippen MR) is 73.8 cm³/mol. The molecule has 2 aromatic carbocycles. The van der Waals surface area contributed by atoms with Crippen LogP contribution in [0.4, 0.5) is 5.69 Å². The summed E-state index contributed by atoms with van der Waals surface area (Å²) >= 11 is 5.84. The number of halogens is 1. The van der Waals surface area contributed by atoms with Gasteiger partial charge in [-0.2, -0.15) is 0 Å². The van der Waals surface area contributed by atoms with Crippen molar-refractivity contribution in [3.05, 3.63) is 70.8 Å². The molecule has 88 valence electrons. The van der Waals surface area contributed by atoms with Gasteiger partial charge in [-0.1, -0.05) is 35.9 Å². The van der Waals surface area contributed by atoms with E-state index < -0.39 is 0 Å². The monoisotopic (exact) mass is 255 g/mol. The first-order chi connectivity index (χ1) is 8.74. The minimum absolute atomic E-state index is 0.0436. The zero-order valence-electron chi connectivity index (χ0n) is 9.48. The third kappa shape index (κ3) is 1.91. The predicted octanol–water partition coefficient (Wildman–Crippen LogP) is 3.99. The van der Waals surface area contributed by atoms with Gasteiger partial charge in [-0.15, -0.1) is 0 Å². The first-order valence-electron chi connectivity index (χ1n) is 5.62. The van der Waals surface area contributed by atoms with Crippen molar-refractivity contribution in [3.8, 4) is 0 Å². The van der Waals surface area contributed by atoms with Gasteiger partial charge in [0.25, 0.3) is 0 Å². The van der Waals surface area contributed by atoms with E-state index in [2.05, 4.69) is 5.32 Å². The SMILES string of the molecule is O=C1C=C(Nc2ccc(Cl)cc2)c2ccccc21. The van der Waals surface area contributed by atoms with Crippen molar-refractivity contribution in [1.29, 1.82) is 0 Å². The van der Waals surface area contributed by atoms with Crippen molar-refractivity contribution in [2.24, 2.45) is 0 Å². The number of hydrogen-bond donors (Lipinski definition) is 1. The molecule has 1 aliphatic carbocycles. The van der Waals surface area contributed by atoms with Gasteiger partial charge in [-0.05, 0) is 24.3 Å². The van der Waals surface area contributed by atoms with Gasteiger partial charge in [0.1, 0.15) is 0 Å². The van der Waals surface area contributed by atoms with Gasteiger partial charge in [0.2, 0.25) is 0 Å². The standard InChI is InChI=1S/C15H10ClNO/c16-10-5-7-11(8-6-10)17-14-9-15(18)13-4-2-1-3-12(13)14/h1-9,17H. The van der Waals surface area contributed by atoms with E-state index >= 15 is 0 Å². The van der Waals surface area contributed by atoms with Crippen LogP contribution >= 0.6 is 11.6 Å². The third-order valence-corrected chi connectivity index (χ3v) is 3.13. The summed E-state index contributed by atoms with van der Waals surface area (Å²) in [6.45, 7) is 0. The van der Waals surface area contributed by atoms with Crippen LogP contribution in [0.5, 0.6) is 0 Å². The van der Waals surface area contributed by atoms with Crippen LogP contribution in [0, 0.1) is 0 Å². The molecule has 0 heterocycles. The highest BCUT2D eigenvalue weighted by Crippen LogP contribution is 2.28. The Bertz CT molecular complexity index is 644. The maximum Gasteiger partial charge on any atom is 0.188 e. The molecule has 0 atom stereocenters. The molecule has 1 aliphatic rings. The molecular formula is C15H10ClNO. The van der Waals surface area contributed by atoms with E-state index in [0.29, 0.717) is 5.02 Å². The first-order valence-corrected chi connectivity index (χ1v) is 6.00. The van der Waals surface area contributed by atoms with E-state index in [4.69, 9.17) is 11.6 Å². The number of ketones is 1. The van der Waals surface area contributed by atoms with Crippen LogP contribution in [0.25, 0.3) is 5.70 Å². The van der Waals surface area contributed by atoms with Gasteiger partial charge in [0.15, 0.2) is 5.78 Å². The Kier molecular flexibility index (Phi) is 2.65. The summed E-state index contributed by atoms with van der Waals surface area (Å²) in [5, 5.41) is 3.93. The Morgan fingerprint density at radius 2 is 1.56 bits per heavy atom. The Labute approximate surface area is 110 Å². The molecule has 0 aliphatic heterocycles. The summed E-state index contributed by atoms with van der Waals surface area (Å²) in [5.41, 5.74) is 3.43. The van der Waals surface area contributed by atoms with Crippen LogP contribution in [0.3, 0.4) is 0 Å². The minimum atomic E-state index is 0.0436. The van der Waals surface area contributed by atoms with Crippen LogP contribution in [0.1, 0.15) is 15.9 Å². The number of carbonyl (C=O) groups excluding carboxylic acids is 1. The van der Waals surface area contributed by atoms with E-state index in [1.54, 1.807) is 6.08 Å². The first kappa shape index (κ1) is 11.1. The van der Waals surface area contributed by atoms with Gasteiger partial charge in [0, 0.05) is 27.9 Å². The van der Waals surface area contributed by atoms with E-state index in [1.807, 2.05) is 48.5 Å². The Morgan fingerprint density at radius 1 is 0.889 bits per heavy atom. The molecule has 2 aromatic rings. The van der Waals surface area contributed by atoms with Crippen molar-refractivity contribution >= 4 is 28.8 Å². The number of fused-ring (bicyclic) bond motifs is 1. The molecule has 0 saturated carbocycles. The van der Waals surface area contributed by atoms with E-state index in [0.717, 1.165) is 22.5 Å². The molecule has 0 unspecified atom stereocenters. The maximum atomic E-state index is 11.8. The second-order valence-electron chi connectivity index (χ2n) is 4.10. The molecule has 0 fully saturated rings. The van der Waals surface area contributed by atoms with Crippen LogP contribution in [-0.4, -0.2) is 5.78 Å². The van der Waals surface area contributed by atoms with Crippen molar-refractivity contribution in [3.63, 3.8) is 0 Å². The summed E-state index contributed by atoms with van der Waals surface area (Å²) < 4.78 is 0. The molecule has 0 saturated heterocycles. The van der Waals surface area contributed by atoms with Gasteiger partial charge in [-0.25, -0.2) is 0 Å². The Hall–Kier alpha value is -2.06. The van der Waals surface area contributed by atoms with Crippen LogP contribution in [-0.2, 0) is 0 Å². The number of hydrogen-bond acceptors (Lipinski definition) is 2. The maximum absolute atomic E-state index is 11.8. The largest absolute Gasteiger partial charge is 0.355 e. The van der Waals surface area contributed by atoms with Gasteiger partial charge >= 0.3 is 0 Å². The van der Waals surface area contributed by atoms with E-state index in [-0.39, 0.29) is 5.78 Å². The average molecular weight is 256 g/mol. The van der Waals surface area contributed by atoms with Crippen molar-refractivity contribution in [2.75, 3.05) is 5.32 Å². The second kappa shape index (κ2) is 4.31. The van der Waals surface area contributed by atoms with Gasteiger partial charge < -0.3 is 5.32 Å². The highest BCUT2D eigenvalue weighted by atomic mass is 35.5. The zero-order chi connectivity index (χ0) is 12.5. The number of anilines is 1. The summed E-state index contributed by atoms with van der Waals surface area (Å²) in [4.78, 5) is 11.8. The Balaban J connectivity index is 1.93. The van der Waals surface area contributed by atoms with E-state index in [1.165, 1.54) is 0 Å². The van der Waals surface area contributed by atoms with Crippen molar-refractivity contribution in [1.82, 2.24) is 0 Å². The second-order valence-corrected chi connectivity index (χ2v) is 4.54. The quantitative estimate of drug-likeness (QED) is 0.879. The third-order valence-electron chi connectivity index (χ3n) is 2.88. The topological polar surface area (TPSA) is 29.1 Å². The minimum Gasteiger partial charge on any atom is -0.355 e. The molecule has 3 rings (SSSR count). The fourth-order valence-corrected chi connectivity index (χ4v) is 2.14. The number of benzene rings is 2. The molecule has 0 aromatic heterocycles. The molecule has 0 amide bonds. The highest BCUT2D eigenvalue weighted by molar-refractivity contribution is 6.30. The molecule has 1 N–H and O–H groups in total. The van der Waals surface area contributed by atoms with Crippen LogP contribution in [0.15, 0.2) is 54.6 Å². The van der Waals surface area contributed by atoms with Gasteiger partial charge in [-0.3, -0.25) is 4.79 Å². The Morgan fingerprint density at radius 3 is 2.28 bits per heavy atom. The summed E-state index contributed by atoms with van der Waals surface area (Å²) in [6, 6.07) is 15.0.